The minimum atomic E-state index is 0.157. The van der Waals surface area contributed by atoms with Crippen LogP contribution in [0.4, 0.5) is 0 Å². The van der Waals surface area contributed by atoms with Gasteiger partial charge in [0.15, 0.2) is 0 Å². The van der Waals surface area contributed by atoms with Gasteiger partial charge in [-0.2, -0.15) is 5.48 Å². The van der Waals surface area contributed by atoms with E-state index in [1.165, 1.54) is 12.0 Å². The van der Waals surface area contributed by atoms with E-state index in [1.54, 1.807) is 0 Å². The van der Waals surface area contributed by atoms with Crippen LogP contribution in [0.3, 0.4) is 0 Å². The highest BCUT2D eigenvalue weighted by Gasteiger charge is 2.16. The molecule has 2 nitrogen and oxygen atoms in total. The average molecular weight is 263 g/mol. The van der Waals surface area contributed by atoms with Crippen molar-refractivity contribution in [3.8, 4) is 0 Å². The summed E-state index contributed by atoms with van der Waals surface area (Å²) in [6.45, 7) is 8.91. The average Bonchev–Trinajstić information content (AvgIpc) is 2.42. The van der Waals surface area contributed by atoms with Gasteiger partial charge >= 0.3 is 0 Å². The van der Waals surface area contributed by atoms with Gasteiger partial charge in [-0.25, -0.2) is 0 Å². The number of hydroxylamine groups is 1. The summed E-state index contributed by atoms with van der Waals surface area (Å²) in [6.07, 6.45) is 4.67. The van der Waals surface area contributed by atoms with Crippen molar-refractivity contribution in [2.75, 3.05) is 0 Å². The van der Waals surface area contributed by atoms with Crippen molar-refractivity contribution in [1.82, 2.24) is 5.48 Å². The first-order chi connectivity index (χ1) is 9.19. The van der Waals surface area contributed by atoms with Gasteiger partial charge in [0.05, 0.1) is 0 Å². The summed E-state index contributed by atoms with van der Waals surface area (Å²) < 4.78 is 0. The number of benzene rings is 1. The third-order valence-corrected chi connectivity index (χ3v) is 3.49. The molecule has 0 amide bonds. The number of nitrogens with one attached hydrogen (secondary N) is 1. The van der Waals surface area contributed by atoms with E-state index >= 15 is 0 Å². The van der Waals surface area contributed by atoms with Gasteiger partial charge in [0.2, 0.25) is 0 Å². The van der Waals surface area contributed by atoms with Crippen LogP contribution >= 0.6 is 0 Å². The molecular weight excluding hydrogens is 234 g/mol. The second-order valence-electron chi connectivity index (χ2n) is 5.56. The molecule has 0 saturated carbocycles. The molecule has 1 rings (SSSR count). The highest BCUT2D eigenvalue weighted by atomic mass is 16.7. The smallest absolute Gasteiger partial charge is 0.104 e. The minimum absolute atomic E-state index is 0.157. The van der Waals surface area contributed by atoms with Crippen LogP contribution in [0.2, 0.25) is 0 Å². The molecule has 108 valence electrons. The maximum absolute atomic E-state index is 5.99. The molecule has 0 unspecified atom stereocenters. The minimum Gasteiger partial charge on any atom is -0.293 e. The Morgan fingerprint density at radius 1 is 1.00 bits per heavy atom. The lowest BCUT2D eigenvalue weighted by atomic mass is 10.0. The Bertz CT molecular complexity index is 323. The van der Waals surface area contributed by atoms with Crippen LogP contribution in [0.5, 0.6) is 0 Å². The normalized spacial score (nSPS) is 14.6. The number of hydrogen-bond donors (Lipinski definition) is 1. The lowest BCUT2D eigenvalue weighted by molar-refractivity contribution is -0.0590. The predicted molar refractivity (Wildman–Crippen MR) is 81.8 cm³/mol. The Balaban J connectivity index is 2.58. The Hall–Kier alpha value is -0.860. The third-order valence-electron chi connectivity index (χ3n) is 3.49. The van der Waals surface area contributed by atoms with E-state index in [4.69, 9.17) is 4.84 Å². The molecule has 0 aliphatic rings. The predicted octanol–water partition coefficient (Wildman–Crippen LogP) is 4.87. The number of hydrogen-bond acceptors (Lipinski definition) is 2. The van der Waals surface area contributed by atoms with Crippen molar-refractivity contribution in [1.29, 1.82) is 0 Å². The second-order valence-corrected chi connectivity index (χ2v) is 5.56. The molecule has 0 radical (unpaired) electrons. The van der Waals surface area contributed by atoms with Gasteiger partial charge in [-0.3, -0.25) is 4.84 Å². The summed E-state index contributed by atoms with van der Waals surface area (Å²) in [5, 5.41) is 0. The molecule has 1 aromatic rings. The fourth-order valence-corrected chi connectivity index (χ4v) is 2.23. The Kier molecular flexibility index (Phi) is 7.76. The highest BCUT2D eigenvalue weighted by molar-refractivity contribution is 5.17. The molecule has 2 heteroatoms. The summed E-state index contributed by atoms with van der Waals surface area (Å²) in [5.41, 5.74) is 4.56. The van der Waals surface area contributed by atoms with Gasteiger partial charge < -0.3 is 0 Å². The molecule has 0 spiro atoms. The van der Waals surface area contributed by atoms with E-state index < -0.39 is 0 Å². The summed E-state index contributed by atoms with van der Waals surface area (Å²) >= 11 is 0. The van der Waals surface area contributed by atoms with Crippen molar-refractivity contribution in [3.05, 3.63) is 35.9 Å². The van der Waals surface area contributed by atoms with E-state index in [2.05, 4.69) is 57.4 Å². The molecule has 0 bridgehead atoms. The molecule has 19 heavy (non-hydrogen) atoms. The standard InChI is InChI=1S/C17H29NO/c1-5-10-16(14(3)4)18-19-17(11-6-2)15-12-8-7-9-13-15/h7-9,12-14,16-18H,5-6,10-11H2,1-4H3/t16-,17+/m0/s1. The zero-order valence-corrected chi connectivity index (χ0v) is 12.9. The molecule has 0 fully saturated rings. The van der Waals surface area contributed by atoms with E-state index in [-0.39, 0.29) is 6.10 Å². The molecule has 0 aromatic heterocycles. The highest BCUT2D eigenvalue weighted by Crippen LogP contribution is 2.22. The SMILES string of the molecule is CCC[C@H](NO[C@H](CCC)c1ccccc1)C(C)C. The first-order valence-electron chi connectivity index (χ1n) is 7.65. The van der Waals surface area contributed by atoms with E-state index in [9.17, 15) is 0 Å². The third kappa shape index (κ3) is 5.75. The fourth-order valence-electron chi connectivity index (χ4n) is 2.23. The van der Waals surface area contributed by atoms with Gasteiger partial charge in [0, 0.05) is 6.04 Å². The van der Waals surface area contributed by atoms with Gasteiger partial charge in [-0.15, -0.1) is 0 Å². The first kappa shape index (κ1) is 16.2. The van der Waals surface area contributed by atoms with E-state index in [0.29, 0.717) is 12.0 Å². The van der Waals surface area contributed by atoms with Crippen molar-refractivity contribution in [2.45, 2.75) is 65.5 Å². The molecule has 1 aromatic carbocycles. The van der Waals surface area contributed by atoms with E-state index in [0.717, 1.165) is 19.3 Å². The van der Waals surface area contributed by atoms with Gasteiger partial charge in [0.1, 0.15) is 6.10 Å². The molecule has 0 aliphatic heterocycles. The van der Waals surface area contributed by atoms with Gasteiger partial charge in [-0.05, 0) is 24.3 Å². The summed E-state index contributed by atoms with van der Waals surface area (Å²) in [7, 11) is 0. The maximum Gasteiger partial charge on any atom is 0.104 e. The monoisotopic (exact) mass is 263 g/mol. The number of rotatable bonds is 9. The molecule has 1 N–H and O–H groups in total. The van der Waals surface area contributed by atoms with Crippen molar-refractivity contribution < 1.29 is 4.84 Å². The van der Waals surface area contributed by atoms with E-state index in [1.807, 2.05) is 6.07 Å². The topological polar surface area (TPSA) is 21.3 Å². The Labute approximate surface area is 118 Å². The maximum atomic E-state index is 5.99. The van der Waals surface area contributed by atoms with Crippen LogP contribution < -0.4 is 5.48 Å². The van der Waals surface area contributed by atoms with Crippen LogP contribution in [0, 0.1) is 5.92 Å². The van der Waals surface area contributed by atoms with Crippen LogP contribution in [0.25, 0.3) is 0 Å². The lowest BCUT2D eigenvalue weighted by Crippen LogP contribution is -2.35. The van der Waals surface area contributed by atoms with Crippen LogP contribution in [-0.4, -0.2) is 6.04 Å². The summed E-state index contributed by atoms with van der Waals surface area (Å²) in [5.74, 6) is 0.595. The van der Waals surface area contributed by atoms with Crippen LogP contribution in [0.15, 0.2) is 30.3 Å². The first-order valence-corrected chi connectivity index (χ1v) is 7.65. The summed E-state index contributed by atoms with van der Waals surface area (Å²) in [6, 6.07) is 10.9. The molecule has 0 saturated heterocycles. The zero-order chi connectivity index (χ0) is 14.1. The molecule has 2 atom stereocenters. The van der Waals surface area contributed by atoms with Crippen molar-refractivity contribution >= 4 is 0 Å². The molecule has 0 aliphatic carbocycles. The molecule has 0 heterocycles. The van der Waals surface area contributed by atoms with Crippen molar-refractivity contribution in [2.24, 2.45) is 5.92 Å². The Morgan fingerprint density at radius 3 is 2.16 bits per heavy atom. The fraction of sp³-hybridized carbons (Fsp3) is 0.647. The lowest BCUT2D eigenvalue weighted by Gasteiger charge is -2.25. The van der Waals surface area contributed by atoms with Gasteiger partial charge in [0.25, 0.3) is 0 Å². The van der Waals surface area contributed by atoms with Crippen LogP contribution in [0.1, 0.15) is 65.0 Å². The molecular formula is C17H29NO. The second kappa shape index (κ2) is 9.11. The van der Waals surface area contributed by atoms with Crippen LogP contribution in [-0.2, 0) is 4.84 Å². The largest absolute Gasteiger partial charge is 0.293 e. The van der Waals surface area contributed by atoms with Crippen molar-refractivity contribution in [3.63, 3.8) is 0 Å². The Morgan fingerprint density at radius 2 is 1.63 bits per heavy atom. The van der Waals surface area contributed by atoms with Gasteiger partial charge in [-0.1, -0.05) is 70.9 Å². The zero-order valence-electron chi connectivity index (χ0n) is 12.9. The quantitative estimate of drug-likeness (QED) is 0.641. The summed E-state index contributed by atoms with van der Waals surface area (Å²) in [4.78, 5) is 5.99.